The van der Waals surface area contributed by atoms with Crippen LogP contribution in [0.1, 0.15) is 18.4 Å². The number of aromatic amines is 1. The van der Waals surface area contributed by atoms with E-state index in [1.54, 1.807) is 17.1 Å². The Balaban J connectivity index is 1.64. The zero-order chi connectivity index (χ0) is 16.8. The van der Waals surface area contributed by atoms with Crippen LogP contribution in [-0.2, 0) is 16.1 Å². The first-order chi connectivity index (χ1) is 12.3. The van der Waals surface area contributed by atoms with Gasteiger partial charge in [0.15, 0.2) is 0 Å². The Hall–Kier alpha value is -2.61. The Bertz CT molecular complexity index is 924. The lowest BCUT2D eigenvalue weighted by molar-refractivity contribution is -0.116. The van der Waals surface area contributed by atoms with Gasteiger partial charge in [-0.3, -0.25) is 14.6 Å². The average molecular weight is 353 g/mol. The van der Waals surface area contributed by atoms with E-state index >= 15 is 0 Å². The number of nitrogens with zero attached hydrogens (tertiary/aromatic N) is 4. The molecule has 0 spiro atoms. The number of ether oxygens (including phenoxy) is 1. The van der Waals surface area contributed by atoms with Gasteiger partial charge in [-0.1, -0.05) is 0 Å². The van der Waals surface area contributed by atoms with Gasteiger partial charge in [0.25, 0.3) is 5.91 Å². The van der Waals surface area contributed by atoms with Crippen molar-refractivity contribution in [2.75, 3.05) is 6.61 Å². The predicted molar refractivity (Wildman–Crippen MR) is 93.8 cm³/mol. The van der Waals surface area contributed by atoms with Crippen molar-refractivity contribution < 1.29 is 9.53 Å². The van der Waals surface area contributed by atoms with Crippen LogP contribution in [0.5, 0.6) is 0 Å². The Morgan fingerprint density at radius 2 is 2.40 bits per heavy atom. The lowest BCUT2D eigenvalue weighted by atomic mass is 9.92. The zero-order valence-electron chi connectivity index (χ0n) is 13.3. The first-order valence-corrected chi connectivity index (χ1v) is 9.05. The molecule has 2 aromatic heterocycles. The number of thioether (sulfide) groups is 1. The van der Waals surface area contributed by atoms with E-state index in [9.17, 15) is 4.79 Å². The minimum atomic E-state index is -0.311. The van der Waals surface area contributed by atoms with Crippen molar-refractivity contribution in [3.63, 3.8) is 0 Å². The summed E-state index contributed by atoms with van der Waals surface area (Å²) in [6.07, 6.45) is 8.98. The number of dihydropyridines is 1. The van der Waals surface area contributed by atoms with Gasteiger partial charge < -0.3 is 4.74 Å². The second-order valence-corrected chi connectivity index (χ2v) is 7.20. The SMILES string of the molecule is O=C1N=C(Cn2cccn2)C2=C3C(=C(c4cn[nH]c4)SC13)OCCC2. The highest BCUT2D eigenvalue weighted by atomic mass is 32.2. The number of aromatic nitrogens is 4. The molecular formula is C17H15N5O2S. The fraction of sp³-hybridized carbons (Fsp3) is 0.294. The van der Waals surface area contributed by atoms with Crippen molar-refractivity contribution in [2.45, 2.75) is 24.6 Å². The Morgan fingerprint density at radius 1 is 1.44 bits per heavy atom. The van der Waals surface area contributed by atoms with Crippen LogP contribution in [0.3, 0.4) is 0 Å². The second-order valence-electron chi connectivity index (χ2n) is 6.09. The highest BCUT2D eigenvalue weighted by molar-refractivity contribution is 8.10. The van der Waals surface area contributed by atoms with Crippen LogP contribution in [0.15, 0.2) is 52.8 Å². The number of hydrogen-bond donors (Lipinski definition) is 1. The molecule has 1 atom stereocenters. The van der Waals surface area contributed by atoms with Crippen LogP contribution in [0.4, 0.5) is 0 Å². The predicted octanol–water partition coefficient (Wildman–Crippen LogP) is 2.18. The van der Waals surface area contributed by atoms with Crippen LogP contribution in [-0.4, -0.2) is 43.5 Å². The van der Waals surface area contributed by atoms with E-state index in [0.29, 0.717) is 13.2 Å². The molecule has 126 valence electrons. The third-order valence-electron chi connectivity index (χ3n) is 4.54. The third-order valence-corrected chi connectivity index (χ3v) is 5.87. The summed E-state index contributed by atoms with van der Waals surface area (Å²) in [5.74, 6) is 0.706. The zero-order valence-corrected chi connectivity index (χ0v) is 14.1. The standard InChI is InChI=1S/C17H15N5O2S/c23-17-16-13-11(12(21-17)9-22-5-2-4-20-22)3-1-6-24-14(13)15(25-16)10-7-18-19-8-10/h2,4-5,7-8,16H,1,3,6,9H2,(H,18,19). The molecule has 0 saturated heterocycles. The molecule has 8 heteroatoms. The van der Waals surface area contributed by atoms with E-state index < -0.39 is 0 Å². The highest BCUT2D eigenvalue weighted by Crippen LogP contribution is 2.51. The normalized spacial score (nSPS) is 22.6. The van der Waals surface area contributed by atoms with E-state index in [-0.39, 0.29) is 11.2 Å². The number of carbonyl (C=O) groups excluding carboxylic acids is 1. The number of H-pyrrole nitrogens is 1. The minimum Gasteiger partial charge on any atom is -0.492 e. The fourth-order valence-corrected chi connectivity index (χ4v) is 4.73. The van der Waals surface area contributed by atoms with Gasteiger partial charge in [0.1, 0.15) is 11.0 Å². The van der Waals surface area contributed by atoms with Crippen molar-refractivity contribution >= 4 is 28.3 Å². The Kier molecular flexibility index (Phi) is 3.37. The van der Waals surface area contributed by atoms with E-state index in [1.165, 1.54) is 11.8 Å². The summed E-state index contributed by atoms with van der Waals surface area (Å²) >= 11 is 1.51. The van der Waals surface area contributed by atoms with Crippen LogP contribution in [0.2, 0.25) is 0 Å². The largest absolute Gasteiger partial charge is 0.492 e. The van der Waals surface area contributed by atoms with Crippen LogP contribution < -0.4 is 0 Å². The molecule has 25 heavy (non-hydrogen) atoms. The minimum absolute atomic E-state index is 0.118. The summed E-state index contributed by atoms with van der Waals surface area (Å²) in [5, 5.41) is 10.8. The third kappa shape index (κ3) is 2.36. The summed E-state index contributed by atoms with van der Waals surface area (Å²) in [4.78, 5) is 18.1. The van der Waals surface area contributed by atoms with E-state index in [0.717, 1.165) is 45.9 Å². The van der Waals surface area contributed by atoms with Gasteiger partial charge in [0.05, 0.1) is 30.0 Å². The van der Waals surface area contributed by atoms with Gasteiger partial charge in [0, 0.05) is 29.7 Å². The molecule has 0 bridgehead atoms. The van der Waals surface area contributed by atoms with Crippen molar-refractivity contribution in [1.29, 1.82) is 0 Å². The monoisotopic (exact) mass is 353 g/mol. The summed E-state index contributed by atoms with van der Waals surface area (Å²) in [6.45, 7) is 1.14. The number of amides is 1. The first kappa shape index (κ1) is 14.7. The molecule has 7 nitrogen and oxygen atoms in total. The molecule has 5 rings (SSSR count). The molecule has 0 fully saturated rings. The van der Waals surface area contributed by atoms with Crippen molar-refractivity contribution in [2.24, 2.45) is 4.99 Å². The van der Waals surface area contributed by atoms with Gasteiger partial charge in [-0.05, 0) is 24.5 Å². The smallest absolute Gasteiger partial charge is 0.264 e. The number of allylic oxidation sites excluding steroid dienone is 2. The number of aliphatic imine (C=N–C) groups is 1. The number of nitrogens with one attached hydrogen (secondary N) is 1. The average Bonchev–Trinajstić information content (AvgIpc) is 3.32. The molecule has 0 aliphatic carbocycles. The summed E-state index contributed by atoms with van der Waals surface area (Å²) in [5.41, 5.74) is 3.89. The van der Waals surface area contributed by atoms with Gasteiger partial charge in [-0.25, -0.2) is 4.99 Å². The number of rotatable bonds is 3. The quantitative estimate of drug-likeness (QED) is 0.914. The van der Waals surface area contributed by atoms with Crippen molar-refractivity contribution in [1.82, 2.24) is 20.0 Å². The molecule has 1 amide bonds. The lowest BCUT2D eigenvalue weighted by Gasteiger charge is -2.21. The van der Waals surface area contributed by atoms with Crippen LogP contribution in [0.25, 0.3) is 4.91 Å². The number of hydrogen-bond acceptors (Lipinski definition) is 5. The van der Waals surface area contributed by atoms with Gasteiger partial charge in [-0.15, -0.1) is 11.8 Å². The summed E-state index contributed by atoms with van der Waals surface area (Å²) < 4.78 is 7.86. The lowest BCUT2D eigenvalue weighted by Crippen LogP contribution is -2.28. The molecule has 3 aliphatic heterocycles. The molecule has 3 aliphatic rings. The van der Waals surface area contributed by atoms with E-state index in [2.05, 4.69) is 20.3 Å². The maximum absolute atomic E-state index is 12.7. The Labute approximate surface area is 147 Å². The maximum atomic E-state index is 12.7. The van der Waals surface area contributed by atoms with E-state index in [1.807, 2.05) is 18.5 Å². The second kappa shape index (κ2) is 5.73. The molecule has 1 N–H and O–H groups in total. The fourth-order valence-electron chi connectivity index (χ4n) is 3.45. The molecule has 1 unspecified atom stereocenters. The molecule has 0 radical (unpaired) electrons. The topological polar surface area (TPSA) is 85.2 Å². The highest BCUT2D eigenvalue weighted by Gasteiger charge is 2.43. The summed E-state index contributed by atoms with van der Waals surface area (Å²) in [7, 11) is 0. The molecule has 0 saturated carbocycles. The van der Waals surface area contributed by atoms with Gasteiger partial charge in [0.2, 0.25) is 0 Å². The molecule has 2 aromatic rings. The Morgan fingerprint density at radius 3 is 3.20 bits per heavy atom. The first-order valence-electron chi connectivity index (χ1n) is 8.17. The van der Waals surface area contributed by atoms with Gasteiger partial charge in [-0.2, -0.15) is 10.2 Å². The molecular weight excluding hydrogens is 338 g/mol. The molecule has 0 aromatic carbocycles. The summed E-state index contributed by atoms with van der Waals surface area (Å²) in [6, 6.07) is 1.87. The van der Waals surface area contributed by atoms with Crippen LogP contribution >= 0.6 is 11.8 Å². The maximum Gasteiger partial charge on any atom is 0.264 e. The van der Waals surface area contributed by atoms with Gasteiger partial charge >= 0.3 is 0 Å². The van der Waals surface area contributed by atoms with E-state index in [4.69, 9.17) is 4.74 Å². The van der Waals surface area contributed by atoms with Crippen LogP contribution in [0, 0.1) is 0 Å². The van der Waals surface area contributed by atoms with Crippen molar-refractivity contribution in [3.8, 4) is 0 Å². The molecule has 5 heterocycles. The van der Waals surface area contributed by atoms with Crippen molar-refractivity contribution in [3.05, 3.63) is 53.3 Å². The number of carbonyl (C=O) groups is 1.